The van der Waals surface area contributed by atoms with Gasteiger partial charge in [-0.1, -0.05) is 0 Å². The van der Waals surface area contributed by atoms with Gasteiger partial charge in [0, 0.05) is 6.20 Å². The van der Waals surface area contributed by atoms with Gasteiger partial charge >= 0.3 is 0 Å². The van der Waals surface area contributed by atoms with E-state index in [0.717, 1.165) is 0 Å². The van der Waals surface area contributed by atoms with Crippen molar-refractivity contribution in [3.8, 4) is 11.6 Å². The van der Waals surface area contributed by atoms with Crippen molar-refractivity contribution in [1.29, 1.82) is 0 Å². The van der Waals surface area contributed by atoms with Crippen LogP contribution in [0.2, 0.25) is 0 Å². The molecule has 0 aliphatic carbocycles. The number of hydrogen-bond acceptors (Lipinski definition) is 4. The summed E-state index contributed by atoms with van der Waals surface area (Å²) in [5.74, 6) is -0.234. The molecule has 0 aliphatic heterocycles. The minimum Gasteiger partial charge on any atom is -0.437 e. The lowest BCUT2D eigenvalue weighted by Crippen LogP contribution is -2.13. The topological polar surface area (TPSA) is 82.3 Å². The van der Waals surface area contributed by atoms with Gasteiger partial charge in [0.15, 0.2) is 0 Å². The van der Waals surface area contributed by atoms with Crippen molar-refractivity contribution in [3.05, 3.63) is 47.9 Å². The number of nitrogens with zero attached hydrogens (tertiary/aromatic N) is 1. The Bertz CT molecular complexity index is 717. The monoisotopic (exact) mass is 282 g/mol. The highest BCUT2D eigenvalue weighted by Crippen LogP contribution is 2.28. The van der Waals surface area contributed by atoms with Crippen LogP contribution in [0.5, 0.6) is 11.6 Å². The highest BCUT2D eigenvalue weighted by atomic mass is 32.2. The Labute approximate surface area is 109 Å². The van der Waals surface area contributed by atoms with Gasteiger partial charge in [0.25, 0.3) is 0 Å². The predicted octanol–water partition coefficient (Wildman–Crippen LogP) is 1.97. The standard InChI is InChI=1S/C12H11FN2O3S/c1-8-7-9(13)4-5-10(8)18-12-11(19(14,16)17)3-2-6-15-12/h2-7H,1H3,(H2,14,16,17). The lowest BCUT2D eigenvalue weighted by Gasteiger charge is -2.10. The lowest BCUT2D eigenvalue weighted by atomic mass is 10.2. The fraction of sp³-hybridized carbons (Fsp3) is 0.0833. The molecule has 19 heavy (non-hydrogen) atoms. The second-order valence-electron chi connectivity index (χ2n) is 3.86. The van der Waals surface area contributed by atoms with E-state index in [9.17, 15) is 12.8 Å². The first-order valence-electron chi connectivity index (χ1n) is 5.30. The number of halogens is 1. The summed E-state index contributed by atoms with van der Waals surface area (Å²) in [6.45, 7) is 1.64. The number of aryl methyl sites for hydroxylation is 1. The normalized spacial score (nSPS) is 11.3. The zero-order chi connectivity index (χ0) is 14.0. The molecule has 7 heteroatoms. The van der Waals surface area contributed by atoms with E-state index in [1.54, 1.807) is 6.92 Å². The largest absolute Gasteiger partial charge is 0.437 e. The van der Waals surface area contributed by atoms with Crippen molar-refractivity contribution in [2.75, 3.05) is 0 Å². The molecule has 0 radical (unpaired) electrons. The van der Waals surface area contributed by atoms with Crippen molar-refractivity contribution in [2.45, 2.75) is 11.8 Å². The van der Waals surface area contributed by atoms with Gasteiger partial charge in [-0.15, -0.1) is 0 Å². The molecule has 0 unspecified atom stereocenters. The van der Waals surface area contributed by atoms with E-state index in [1.807, 2.05) is 0 Å². The van der Waals surface area contributed by atoms with Gasteiger partial charge in [0.2, 0.25) is 15.9 Å². The third-order valence-corrected chi connectivity index (χ3v) is 3.31. The fourth-order valence-corrected chi connectivity index (χ4v) is 2.11. The van der Waals surface area contributed by atoms with Gasteiger partial charge in [0.05, 0.1) is 0 Å². The number of ether oxygens (including phenoxy) is 1. The smallest absolute Gasteiger partial charge is 0.243 e. The molecule has 0 spiro atoms. The van der Waals surface area contributed by atoms with Crippen LogP contribution in [0.1, 0.15) is 5.56 Å². The van der Waals surface area contributed by atoms with Gasteiger partial charge in [-0.25, -0.2) is 22.9 Å². The lowest BCUT2D eigenvalue weighted by molar-refractivity contribution is 0.442. The third kappa shape index (κ3) is 3.07. The molecule has 1 aromatic carbocycles. The number of hydrogen-bond donors (Lipinski definition) is 1. The number of primary sulfonamides is 1. The Balaban J connectivity index is 2.44. The minimum absolute atomic E-state index is 0.139. The zero-order valence-corrected chi connectivity index (χ0v) is 10.8. The Morgan fingerprint density at radius 1 is 1.32 bits per heavy atom. The molecule has 0 saturated carbocycles. The van der Waals surface area contributed by atoms with Crippen molar-refractivity contribution >= 4 is 10.0 Å². The predicted molar refractivity (Wildman–Crippen MR) is 66.8 cm³/mol. The van der Waals surface area contributed by atoms with Crippen LogP contribution in [-0.2, 0) is 10.0 Å². The van der Waals surface area contributed by atoms with Gasteiger partial charge in [-0.3, -0.25) is 0 Å². The molecule has 2 aromatic rings. The molecular formula is C12H11FN2O3S. The number of sulfonamides is 1. The Kier molecular flexibility index (Phi) is 3.50. The summed E-state index contributed by atoms with van der Waals surface area (Å²) in [4.78, 5) is 3.61. The van der Waals surface area contributed by atoms with Crippen LogP contribution in [0.25, 0.3) is 0 Å². The van der Waals surface area contributed by atoms with E-state index in [0.29, 0.717) is 11.3 Å². The fourth-order valence-electron chi connectivity index (χ4n) is 1.50. The van der Waals surface area contributed by atoms with E-state index in [-0.39, 0.29) is 10.8 Å². The second-order valence-corrected chi connectivity index (χ2v) is 5.39. The molecule has 0 aliphatic rings. The quantitative estimate of drug-likeness (QED) is 0.933. The van der Waals surface area contributed by atoms with Crippen LogP contribution in [0, 0.1) is 12.7 Å². The molecule has 2 N–H and O–H groups in total. The summed E-state index contributed by atoms with van der Waals surface area (Å²) in [5.41, 5.74) is 0.519. The highest BCUT2D eigenvalue weighted by Gasteiger charge is 2.17. The molecular weight excluding hydrogens is 271 g/mol. The van der Waals surface area contributed by atoms with Gasteiger partial charge < -0.3 is 4.74 Å². The molecule has 0 bridgehead atoms. The number of nitrogens with two attached hydrogens (primary N) is 1. The first kappa shape index (κ1) is 13.4. The molecule has 0 amide bonds. The van der Waals surface area contributed by atoms with Crippen LogP contribution < -0.4 is 9.88 Å². The molecule has 5 nitrogen and oxygen atoms in total. The van der Waals surface area contributed by atoms with Crippen LogP contribution >= 0.6 is 0 Å². The van der Waals surface area contributed by atoms with E-state index >= 15 is 0 Å². The van der Waals surface area contributed by atoms with Crippen LogP contribution in [0.15, 0.2) is 41.4 Å². The zero-order valence-electron chi connectivity index (χ0n) is 10.00. The molecule has 100 valence electrons. The maximum Gasteiger partial charge on any atom is 0.243 e. The summed E-state index contributed by atoms with van der Waals surface area (Å²) in [6.07, 6.45) is 1.38. The summed E-state index contributed by atoms with van der Waals surface area (Å²) in [6, 6.07) is 6.60. The number of aromatic nitrogens is 1. The molecule has 0 fully saturated rings. The number of pyridine rings is 1. The summed E-state index contributed by atoms with van der Waals surface area (Å²) >= 11 is 0. The minimum atomic E-state index is -3.94. The first-order valence-corrected chi connectivity index (χ1v) is 6.84. The molecule has 2 rings (SSSR count). The van der Waals surface area contributed by atoms with Crippen LogP contribution in [0.4, 0.5) is 4.39 Å². The molecule has 0 atom stereocenters. The number of rotatable bonds is 3. The van der Waals surface area contributed by atoms with E-state index < -0.39 is 15.8 Å². The highest BCUT2D eigenvalue weighted by molar-refractivity contribution is 7.89. The van der Waals surface area contributed by atoms with Crippen molar-refractivity contribution in [3.63, 3.8) is 0 Å². The average molecular weight is 282 g/mol. The Morgan fingerprint density at radius 2 is 2.05 bits per heavy atom. The maximum absolute atomic E-state index is 13.0. The van der Waals surface area contributed by atoms with E-state index in [4.69, 9.17) is 9.88 Å². The summed E-state index contributed by atoms with van der Waals surface area (Å²) in [5, 5.41) is 5.07. The van der Waals surface area contributed by atoms with E-state index in [1.165, 1.54) is 36.5 Å². The van der Waals surface area contributed by atoms with Crippen LogP contribution in [-0.4, -0.2) is 13.4 Å². The first-order chi connectivity index (χ1) is 8.88. The Morgan fingerprint density at radius 3 is 2.68 bits per heavy atom. The second kappa shape index (κ2) is 4.94. The maximum atomic E-state index is 13.0. The van der Waals surface area contributed by atoms with Crippen molar-refractivity contribution in [1.82, 2.24) is 4.98 Å². The SMILES string of the molecule is Cc1cc(F)ccc1Oc1ncccc1S(N)(=O)=O. The third-order valence-electron chi connectivity index (χ3n) is 2.39. The average Bonchev–Trinajstić information content (AvgIpc) is 2.32. The van der Waals surface area contributed by atoms with Gasteiger partial charge in [-0.2, -0.15) is 0 Å². The van der Waals surface area contributed by atoms with E-state index in [2.05, 4.69) is 4.98 Å². The molecule has 1 heterocycles. The number of benzene rings is 1. The summed E-state index contributed by atoms with van der Waals surface area (Å²) in [7, 11) is -3.94. The molecule has 1 aromatic heterocycles. The van der Waals surface area contributed by atoms with Crippen molar-refractivity contribution < 1.29 is 17.5 Å². The van der Waals surface area contributed by atoms with Gasteiger partial charge in [-0.05, 0) is 42.8 Å². The Hall–Kier alpha value is -1.99. The molecule has 0 saturated heterocycles. The van der Waals surface area contributed by atoms with Gasteiger partial charge in [0.1, 0.15) is 16.5 Å². The van der Waals surface area contributed by atoms with Crippen LogP contribution in [0.3, 0.4) is 0 Å². The van der Waals surface area contributed by atoms with Crippen molar-refractivity contribution in [2.24, 2.45) is 5.14 Å². The summed E-state index contributed by atoms with van der Waals surface area (Å²) < 4.78 is 41.1.